The van der Waals surface area contributed by atoms with Gasteiger partial charge in [-0.15, -0.1) is 0 Å². The third kappa shape index (κ3) is 3.55. The van der Waals surface area contributed by atoms with E-state index in [0.717, 1.165) is 19.3 Å². The average molecular weight is 240 g/mol. The third-order valence-electron chi connectivity index (χ3n) is 1.92. The molecule has 7 heteroatoms. The highest BCUT2D eigenvalue weighted by molar-refractivity contribution is 8.01. The van der Waals surface area contributed by atoms with Crippen molar-refractivity contribution in [3.63, 3.8) is 0 Å². The summed E-state index contributed by atoms with van der Waals surface area (Å²) in [5.41, 5.74) is 0. The Morgan fingerprint density at radius 1 is 1.00 bits per heavy atom. The molecular weight excluding hydrogens is 224 g/mol. The number of rotatable bonds is 2. The Morgan fingerprint density at radius 3 is 1.93 bits per heavy atom. The van der Waals surface area contributed by atoms with Gasteiger partial charge >= 0.3 is 10.2 Å². The molecule has 0 saturated carbocycles. The molecule has 0 aromatic rings. The summed E-state index contributed by atoms with van der Waals surface area (Å²) in [5.74, 6) is 0. The van der Waals surface area contributed by atoms with Crippen LogP contribution in [0.1, 0.15) is 19.3 Å². The molecule has 5 nitrogen and oxygen atoms in total. The summed E-state index contributed by atoms with van der Waals surface area (Å²) in [6.45, 7) is 1.00. The first-order valence-electron chi connectivity index (χ1n) is 4.50. The average Bonchev–Trinajstić information content (AvgIpc) is 2.01. The highest BCUT2D eigenvalue weighted by Gasteiger charge is 2.23. The van der Waals surface area contributed by atoms with Crippen LogP contribution < -0.4 is 0 Å². The second-order valence-corrected chi connectivity index (χ2v) is 8.06. The van der Waals surface area contributed by atoms with Crippen molar-refractivity contribution >= 4 is 19.9 Å². The Bertz CT molecular complexity index is 393. The zero-order valence-electron chi connectivity index (χ0n) is 8.47. The SMILES string of the molecule is CS(C)(=O)=NS(=O)(=O)N1CCCCC1. The van der Waals surface area contributed by atoms with Gasteiger partial charge in [0.15, 0.2) is 0 Å². The van der Waals surface area contributed by atoms with Gasteiger partial charge in [0.2, 0.25) is 0 Å². The summed E-state index contributed by atoms with van der Waals surface area (Å²) in [5, 5.41) is 0. The predicted molar refractivity (Wildman–Crippen MR) is 56.8 cm³/mol. The van der Waals surface area contributed by atoms with E-state index in [-0.39, 0.29) is 0 Å². The molecule has 1 saturated heterocycles. The van der Waals surface area contributed by atoms with E-state index in [1.165, 1.54) is 16.8 Å². The number of piperidine rings is 1. The van der Waals surface area contributed by atoms with Crippen LogP contribution in [-0.2, 0) is 19.9 Å². The van der Waals surface area contributed by atoms with Crippen LogP contribution in [-0.4, -0.2) is 42.5 Å². The maximum absolute atomic E-state index is 11.6. The molecule has 1 aliphatic rings. The molecule has 0 spiro atoms. The molecule has 0 N–H and O–H groups in total. The first-order chi connectivity index (χ1) is 6.31. The maximum atomic E-state index is 11.6. The Hall–Kier alpha value is -0.140. The molecule has 1 rings (SSSR count). The molecule has 0 aromatic heterocycles. The van der Waals surface area contributed by atoms with Crippen LogP contribution in [0, 0.1) is 0 Å². The van der Waals surface area contributed by atoms with Gasteiger partial charge in [-0.3, -0.25) is 0 Å². The highest BCUT2D eigenvalue weighted by atomic mass is 32.3. The lowest BCUT2D eigenvalue weighted by Crippen LogP contribution is -2.34. The van der Waals surface area contributed by atoms with E-state index in [1.807, 2.05) is 0 Å². The van der Waals surface area contributed by atoms with E-state index in [9.17, 15) is 12.6 Å². The Kier molecular flexibility index (Phi) is 3.54. The minimum atomic E-state index is -3.66. The molecule has 0 amide bonds. The predicted octanol–water partition coefficient (Wildman–Crippen LogP) is 0.445. The van der Waals surface area contributed by atoms with Crippen LogP contribution in [0.15, 0.2) is 3.77 Å². The molecule has 14 heavy (non-hydrogen) atoms. The van der Waals surface area contributed by atoms with Crippen molar-refractivity contribution in [3.8, 4) is 0 Å². The van der Waals surface area contributed by atoms with Crippen LogP contribution in [0.3, 0.4) is 0 Å². The summed E-state index contributed by atoms with van der Waals surface area (Å²) in [7, 11) is -6.24. The fourth-order valence-electron chi connectivity index (χ4n) is 1.37. The molecule has 1 fully saturated rings. The second kappa shape index (κ2) is 4.16. The topological polar surface area (TPSA) is 66.8 Å². The van der Waals surface area contributed by atoms with Crippen molar-refractivity contribution in [1.29, 1.82) is 0 Å². The van der Waals surface area contributed by atoms with E-state index in [0.29, 0.717) is 13.1 Å². The van der Waals surface area contributed by atoms with Crippen LogP contribution >= 0.6 is 0 Å². The first-order valence-corrected chi connectivity index (χ1v) is 8.23. The molecule has 1 aliphatic heterocycles. The van der Waals surface area contributed by atoms with Gasteiger partial charge in [-0.25, -0.2) is 4.21 Å². The van der Waals surface area contributed by atoms with E-state index in [2.05, 4.69) is 3.77 Å². The zero-order chi connectivity index (χ0) is 10.8. The second-order valence-electron chi connectivity index (χ2n) is 3.69. The molecule has 0 aromatic carbocycles. The van der Waals surface area contributed by atoms with Crippen molar-refractivity contribution in [2.75, 3.05) is 25.6 Å². The number of hydrogen-bond donors (Lipinski definition) is 0. The minimum absolute atomic E-state index is 0.501. The Balaban J connectivity index is 2.91. The molecule has 0 bridgehead atoms. The lowest BCUT2D eigenvalue weighted by Gasteiger charge is -2.23. The third-order valence-corrected chi connectivity index (χ3v) is 5.12. The van der Waals surface area contributed by atoms with Crippen molar-refractivity contribution in [2.24, 2.45) is 3.77 Å². The molecular formula is C7H16N2O3S2. The van der Waals surface area contributed by atoms with E-state index in [1.54, 1.807) is 0 Å². The summed E-state index contributed by atoms with van der Waals surface area (Å²) in [4.78, 5) is 0. The Morgan fingerprint density at radius 2 is 1.50 bits per heavy atom. The van der Waals surface area contributed by atoms with Gasteiger partial charge in [0, 0.05) is 25.6 Å². The van der Waals surface area contributed by atoms with Crippen molar-refractivity contribution in [2.45, 2.75) is 19.3 Å². The highest BCUT2D eigenvalue weighted by Crippen LogP contribution is 2.14. The van der Waals surface area contributed by atoms with E-state index < -0.39 is 19.9 Å². The molecule has 0 radical (unpaired) electrons. The summed E-state index contributed by atoms with van der Waals surface area (Å²) in [6, 6.07) is 0. The van der Waals surface area contributed by atoms with Gasteiger partial charge < -0.3 is 0 Å². The molecule has 1 heterocycles. The standard InChI is InChI=1S/C7H16N2O3S2/c1-13(2,10)8-14(11,12)9-6-4-3-5-7-9/h3-7H2,1-2H3. The van der Waals surface area contributed by atoms with Crippen LogP contribution in [0.25, 0.3) is 0 Å². The van der Waals surface area contributed by atoms with Crippen molar-refractivity contribution in [1.82, 2.24) is 4.31 Å². The monoisotopic (exact) mass is 240 g/mol. The number of nitrogens with zero attached hydrogens (tertiary/aromatic N) is 2. The number of hydrogen-bond acceptors (Lipinski definition) is 3. The fourth-order valence-corrected chi connectivity index (χ4v) is 4.28. The minimum Gasteiger partial charge on any atom is -0.249 e. The summed E-state index contributed by atoms with van der Waals surface area (Å²) < 4.78 is 39.1. The van der Waals surface area contributed by atoms with Crippen LogP contribution in [0.2, 0.25) is 0 Å². The summed E-state index contributed by atoms with van der Waals surface area (Å²) >= 11 is 0. The van der Waals surface area contributed by atoms with Gasteiger partial charge in [0.1, 0.15) is 0 Å². The molecule has 0 atom stereocenters. The van der Waals surface area contributed by atoms with Gasteiger partial charge in [-0.05, 0) is 12.8 Å². The maximum Gasteiger partial charge on any atom is 0.330 e. The molecule has 84 valence electrons. The van der Waals surface area contributed by atoms with Crippen molar-refractivity contribution in [3.05, 3.63) is 0 Å². The molecule has 0 aliphatic carbocycles. The largest absolute Gasteiger partial charge is 0.330 e. The van der Waals surface area contributed by atoms with Crippen molar-refractivity contribution < 1.29 is 12.6 Å². The lowest BCUT2D eigenvalue weighted by molar-refractivity contribution is 0.347. The lowest BCUT2D eigenvalue weighted by atomic mass is 10.2. The smallest absolute Gasteiger partial charge is 0.249 e. The van der Waals surface area contributed by atoms with E-state index >= 15 is 0 Å². The fraction of sp³-hybridized carbons (Fsp3) is 1.00. The van der Waals surface area contributed by atoms with Gasteiger partial charge in [-0.1, -0.05) is 10.2 Å². The van der Waals surface area contributed by atoms with Gasteiger partial charge in [0.05, 0.1) is 9.73 Å². The summed E-state index contributed by atoms with van der Waals surface area (Å²) in [6.07, 6.45) is 5.44. The van der Waals surface area contributed by atoms with Gasteiger partial charge in [-0.2, -0.15) is 12.7 Å². The van der Waals surface area contributed by atoms with E-state index in [4.69, 9.17) is 0 Å². The van der Waals surface area contributed by atoms with Crippen LogP contribution in [0.4, 0.5) is 0 Å². The van der Waals surface area contributed by atoms with Crippen LogP contribution in [0.5, 0.6) is 0 Å². The van der Waals surface area contributed by atoms with Gasteiger partial charge in [0.25, 0.3) is 0 Å². The zero-order valence-corrected chi connectivity index (χ0v) is 10.1. The quantitative estimate of drug-likeness (QED) is 0.703. The first kappa shape index (κ1) is 11.9. The normalized spacial score (nSPS) is 20.7. The molecule has 0 unspecified atom stereocenters. The Labute approximate surface area is 85.9 Å².